The number of fused-ring (bicyclic) bond motifs is 1. The number of oxazole rings is 1. The van der Waals surface area contributed by atoms with E-state index in [4.69, 9.17) is 13.9 Å². The average molecular weight is 556 g/mol. The number of aliphatic hydroxyl groups excluding tert-OH is 1. The molecule has 39 heavy (non-hydrogen) atoms. The monoisotopic (exact) mass is 555 g/mol. The van der Waals surface area contributed by atoms with Crippen molar-refractivity contribution in [2.75, 3.05) is 32.1 Å². The molecule has 0 spiro atoms. The first-order chi connectivity index (χ1) is 18.5. The second-order valence-electron chi connectivity index (χ2n) is 10.0. The molecule has 1 aromatic carbocycles. The van der Waals surface area contributed by atoms with Crippen molar-refractivity contribution in [1.29, 1.82) is 0 Å². The standard InChI is InChI=1S/C28H35N5O5.H2S/c1-18-25-6-8-33(14-20(25)3-4-26(18)37-16-24-13-29-17-38-24)15-22(34)12-31-28(35)19-5-7-30-27(9-19)32-21-10-23(11-21)36-2;/h3-5,7,9,13,17,21-23,34H,6,8,10-12,14-16H2,1-2H3,(H,30,32)(H,31,35);1H2/t21?,22-,23?;/m0./s1. The first-order valence-electron chi connectivity index (χ1n) is 13.0. The van der Waals surface area contributed by atoms with Gasteiger partial charge >= 0.3 is 0 Å². The van der Waals surface area contributed by atoms with Gasteiger partial charge in [0, 0.05) is 51.1 Å². The summed E-state index contributed by atoms with van der Waals surface area (Å²) in [4.78, 5) is 23.1. The Morgan fingerprint density at radius 3 is 2.92 bits per heavy atom. The summed E-state index contributed by atoms with van der Waals surface area (Å²) in [6, 6.07) is 7.81. The molecule has 2 aromatic heterocycles. The largest absolute Gasteiger partial charge is 0.485 e. The van der Waals surface area contributed by atoms with Crippen LogP contribution in [0.1, 0.15) is 45.7 Å². The molecular formula is C28H37N5O5S. The van der Waals surface area contributed by atoms with Gasteiger partial charge < -0.3 is 29.6 Å². The van der Waals surface area contributed by atoms with Crippen LogP contribution >= 0.6 is 13.5 Å². The quantitative estimate of drug-likeness (QED) is 0.328. The fourth-order valence-corrected chi connectivity index (χ4v) is 5.06. The Morgan fingerprint density at radius 2 is 2.15 bits per heavy atom. The zero-order valence-electron chi connectivity index (χ0n) is 22.4. The number of rotatable bonds is 11. The Morgan fingerprint density at radius 1 is 1.31 bits per heavy atom. The van der Waals surface area contributed by atoms with Crippen molar-refractivity contribution in [3.05, 3.63) is 71.1 Å². The van der Waals surface area contributed by atoms with E-state index in [1.54, 1.807) is 31.6 Å². The van der Waals surface area contributed by atoms with Crippen molar-refractivity contribution in [2.24, 2.45) is 0 Å². The summed E-state index contributed by atoms with van der Waals surface area (Å²) in [6.45, 7) is 4.66. The summed E-state index contributed by atoms with van der Waals surface area (Å²) in [5.74, 6) is 1.98. The first kappa shape index (κ1) is 28.9. The number of nitrogens with zero attached hydrogens (tertiary/aromatic N) is 3. The van der Waals surface area contributed by atoms with E-state index in [0.29, 0.717) is 42.4 Å². The number of ether oxygens (including phenoxy) is 2. The Kier molecular flexibility index (Phi) is 9.84. The second-order valence-corrected chi connectivity index (χ2v) is 10.0. The molecular weight excluding hydrogens is 518 g/mol. The third kappa shape index (κ3) is 7.30. The molecule has 1 aliphatic heterocycles. The van der Waals surface area contributed by atoms with E-state index in [0.717, 1.165) is 43.7 Å². The third-order valence-corrected chi connectivity index (χ3v) is 7.34. The maximum absolute atomic E-state index is 12.7. The Hall–Kier alpha value is -3.12. The summed E-state index contributed by atoms with van der Waals surface area (Å²) >= 11 is 0. The third-order valence-electron chi connectivity index (χ3n) is 7.34. The van der Waals surface area contributed by atoms with Gasteiger partial charge in [0.25, 0.3) is 5.91 Å². The lowest BCUT2D eigenvalue weighted by atomic mass is 9.89. The van der Waals surface area contributed by atoms with Crippen LogP contribution in [0, 0.1) is 6.92 Å². The number of benzene rings is 1. The lowest BCUT2D eigenvalue weighted by molar-refractivity contribution is 0.0328. The Balaban J connectivity index is 0.00000353. The SMILES string of the molecule is COC1CC(Nc2cc(C(=O)NC[C@H](O)CN3CCc4c(ccc(OCc5cnco5)c4C)C3)ccn2)C1.S. The smallest absolute Gasteiger partial charge is 0.251 e. The van der Waals surface area contributed by atoms with Gasteiger partial charge in [0.05, 0.1) is 18.4 Å². The van der Waals surface area contributed by atoms with Crippen molar-refractivity contribution in [2.45, 2.75) is 57.6 Å². The summed E-state index contributed by atoms with van der Waals surface area (Å²) < 4.78 is 16.5. The molecule has 10 nitrogen and oxygen atoms in total. The van der Waals surface area contributed by atoms with Gasteiger partial charge in [0.1, 0.15) is 18.2 Å². The average Bonchev–Trinajstić information content (AvgIpc) is 3.42. The summed E-state index contributed by atoms with van der Waals surface area (Å²) in [5.41, 5.74) is 4.18. The molecule has 3 aromatic rings. The lowest BCUT2D eigenvalue weighted by Gasteiger charge is -2.34. The molecule has 0 radical (unpaired) electrons. The van der Waals surface area contributed by atoms with Crippen LogP contribution in [0.2, 0.25) is 0 Å². The van der Waals surface area contributed by atoms with Crippen LogP contribution in [0.5, 0.6) is 5.75 Å². The molecule has 1 atom stereocenters. The van der Waals surface area contributed by atoms with E-state index in [-0.39, 0.29) is 25.9 Å². The highest BCUT2D eigenvalue weighted by molar-refractivity contribution is 7.59. The van der Waals surface area contributed by atoms with Crippen molar-refractivity contribution >= 4 is 25.2 Å². The summed E-state index contributed by atoms with van der Waals surface area (Å²) in [6.07, 6.45) is 7.02. The molecule has 1 aliphatic carbocycles. The molecule has 2 aliphatic rings. The predicted molar refractivity (Wildman–Crippen MR) is 151 cm³/mol. The molecule has 1 fully saturated rings. The molecule has 1 saturated carbocycles. The van der Waals surface area contributed by atoms with E-state index >= 15 is 0 Å². The van der Waals surface area contributed by atoms with Gasteiger partial charge in [-0.15, -0.1) is 0 Å². The van der Waals surface area contributed by atoms with Crippen molar-refractivity contribution in [1.82, 2.24) is 20.2 Å². The second kappa shape index (κ2) is 13.3. The molecule has 1 amide bonds. The minimum atomic E-state index is -0.675. The van der Waals surface area contributed by atoms with Gasteiger partial charge in [-0.25, -0.2) is 9.97 Å². The molecule has 3 N–H and O–H groups in total. The number of nitrogens with one attached hydrogen (secondary N) is 2. The van der Waals surface area contributed by atoms with Gasteiger partial charge in [-0.05, 0) is 61.1 Å². The number of β-amino-alcohol motifs (C(OH)–C–C–N with tert-alkyl or cyclic N) is 1. The van der Waals surface area contributed by atoms with Gasteiger partial charge in [-0.3, -0.25) is 9.69 Å². The number of carbonyl (C=O) groups is 1. The molecule has 5 rings (SSSR count). The number of amides is 1. The number of aromatic nitrogens is 2. The van der Waals surface area contributed by atoms with Gasteiger partial charge in [0.2, 0.25) is 0 Å². The lowest BCUT2D eigenvalue weighted by Crippen LogP contribution is -2.42. The normalized spacial score (nSPS) is 19.3. The molecule has 11 heteroatoms. The van der Waals surface area contributed by atoms with E-state index in [1.807, 2.05) is 6.07 Å². The maximum atomic E-state index is 12.7. The molecule has 0 bridgehead atoms. The Labute approximate surface area is 235 Å². The topological polar surface area (TPSA) is 122 Å². The molecule has 3 heterocycles. The predicted octanol–water partition coefficient (Wildman–Crippen LogP) is 2.81. The van der Waals surface area contributed by atoms with E-state index in [2.05, 4.69) is 38.5 Å². The maximum Gasteiger partial charge on any atom is 0.251 e. The number of aliphatic hydroxyl groups is 1. The van der Waals surface area contributed by atoms with Crippen molar-refractivity contribution < 1.29 is 23.8 Å². The van der Waals surface area contributed by atoms with Crippen LogP contribution in [0.25, 0.3) is 0 Å². The van der Waals surface area contributed by atoms with E-state index in [1.165, 1.54) is 17.5 Å². The van der Waals surface area contributed by atoms with Crippen LogP contribution in [-0.2, 0) is 24.3 Å². The fourth-order valence-electron chi connectivity index (χ4n) is 5.06. The van der Waals surface area contributed by atoms with Crippen LogP contribution in [0.15, 0.2) is 47.5 Å². The highest BCUT2D eigenvalue weighted by atomic mass is 32.1. The fraction of sp³-hybridized carbons (Fsp3) is 0.464. The zero-order valence-corrected chi connectivity index (χ0v) is 23.4. The molecule has 0 saturated heterocycles. The van der Waals surface area contributed by atoms with Crippen molar-refractivity contribution in [3.8, 4) is 5.75 Å². The first-order valence-corrected chi connectivity index (χ1v) is 13.0. The van der Waals surface area contributed by atoms with Gasteiger partial charge in [-0.2, -0.15) is 13.5 Å². The number of anilines is 1. The highest BCUT2D eigenvalue weighted by Crippen LogP contribution is 2.30. The molecule has 210 valence electrons. The molecule has 0 unspecified atom stereocenters. The van der Waals surface area contributed by atoms with E-state index in [9.17, 15) is 9.90 Å². The van der Waals surface area contributed by atoms with Crippen LogP contribution in [-0.4, -0.2) is 70.9 Å². The summed E-state index contributed by atoms with van der Waals surface area (Å²) in [5, 5.41) is 16.8. The van der Waals surface area contributed by atoms with Gasteiger partial charge in [-0.1, -0.05) is 6.07 Å². The Bertz CT molecular complexity index is 1240. The van der Waals surface area contributed by atoms with Gasteiger partial charge in [0.15, 0.2) is 12.2 Å². The van der Waals surface area contributed by atoms with Crippen LogP contribution < -0.4 is 15.4 Å². The van der Waals surface area contributed by atoms with Crippen LogP contribution in [0.4, 0.5) is 5.82 Å². The zero-order chi connectivity index (χ0) is 26.5. The number of pyridine rings is 1. The summed E-state index contributed by atoms with van der Waals surface area (Å²) in [7, 11) is 1.72. The minimum Gasteiger partial charge on any atom is -0.485 e. The number of hydrogen-bond donors (Lipinski definition) is 3. The van der Waals surface area contributed by atoms with Crippen molar-refractivity contribution in [3.63, 3.8) is 0 Å². The number of carbonyl (C=O) groups excluding carboxylic acids is 1. The van der Waals surface area contributed by atoms with E-state index < -0.39 is 6.10 Å². The minimum absolute atomic E-state index is 0. The number of hydrogen-bond acceptors (Lipinski definition) is 9. The highest BCUT2D eigenvalue weighted by Gasteiger charge is 2.29. The van der Waals surface area contributed by atoms with Crippen LogP contribution in [0.3, 0.4) is 0 Å². The number of methoxy groups -OCH3 is 1.